The van der Waals surface area contributed by atoms with Gasteiger partial charge in [-0.3, -0.25) is 9.59 Å². The first kappa shape index (κ1) is 21.1. The Hall–Kier alpha value is -2.14. The van der Waals surface area contributed by atoms with Crippen molar-refractivity contribution in [3.05, 3.63) is 57.8 Å². The molecule has 4 rings (SSSR count). The van der Waals surface area contributed by atoms with Crippen LogP contribution < -0.4 is 0 Å². The fourth-order valence-electron chi connectivity index (χ4n) is 4.37. The molecule has 2 aliphatic rings. The molecule has 0 radical (unpaired) electrons. The van der Waals surface area contributed by atoms with Crippen LogP contribution in [-0.2, 0) is 22.7 Å². The molecule has 2 aliphatic carbocycles. The quantitative estimate of drug-likeness (QED) is 0.587. The SMILES string of the molecule is Cc1ccsc1CN(Cc1ccccc1)C(=O)CN(C(=O)C1CC1)C1CCCCC1. The van der Waals surface area contributed by atoms with Crippen molar-refractivity contribution in [3.63, 3.8) is 0 Å². The van der Waals surface area contributed by atoms with E-state index in [1.54, 1.807) is 11.3 Å². The second-order valence-corrected chi connectivity index (χ2v) is 9.80. The van der Waals surface area contributed by atoms with Gasteiger partial charge < -0.3 is 9.80 Å². The van der Waals surface area contributed by atoms with Crippen LogP contribution in [0.25, 0.3) is 0 Å². The number of nitrogens with zero attached hydrogens (tertiary/aromatic N) is 2. The fourth-order valence-corrected chi connectivity index (χ4v) is 5.29. The Kier molecular flexibility index (Phi) is 6.88. The van der Waals surface area contributed by atoms with Gasteiger partial charge in [-0.2, -0.15) is 0 Å². The second-order valence-electron chi connectivity index (χ2n) is 8.79. The van der Waals surface area contributed by atoms with Gasteiger partial charge in [-0.1, -0.05) is 49.6 Å². The summed E-state index contributed by atoms with van der Waals surface area (Å²) < 4.78 is 0. The highest BCUT2D eigenvalue weighted by Gasteiger charge is 2.38. The minimum atomic E-state index is 0.0613. The molecule has 2 amide bonds. The zero-order valence-electron chi connectivity index (χ0n) is 17.9. The molecule has 0 saturated heterocycles. The van der Waals surface area contributed by atoms with Crippen molar-refractivity contribution >= 4 is 23.2 Å². The summed E-state index contributed by atoms with van der Waals surface area (Å²) in [5.41, 5.74) is 2.35. The minimum Gasteiger partial charge on any atom is -0.332 e. The Morgan fingerprint density at radius 1 is 0.967 bits per heavy atom. The molecule has 2 fully saturated rings. The molecule has 2 aromatic rings. The van der Waals surface area contributed by atoms with Crippen molar-refractivity contribution in [2.75, 3.05) is 6.54 Å². The molecule has 30 heavy (non-hydrogen) atoms. The molecule has 1 aromatic heterocycles. The third-order valence-electron chi connectivity index (χ3n) is 6.40. The Bertz CT molecular complexity index is 853. The normalized spacial score (nSPS) is 17.0. The van der Waals surface area contributed by atoms with Gasteiger partial charge in [0.1, 0.15) is 6.54 Å². The summed E-state index contributed by atoms with van der Waals surface area (Å²) in [5, 5.41) is 2.08. The number of carbonyl (C=O) groups excluding carboxylic acids is 2. The highest BCUT2D eigenvalue weighted by atomic mass is 32.1. The Balaban J connectivity index is 1.52. The number of aryl methyl sites for hydroxylation is 1. The maximum Gasteiger partial charge on any atom is 0.242 e. The summed E-state index contributed by atoms with van der Waals surface area (Å²) in [6.07, 6.45) is 7.61. The molecule has 0 spiro atoms. The first-order chi connectivity index (χ1) is 14.6. The standard InChI is InChI=1S/C25H32N2O2S/c1-19-14-15-30-23(19)17-26(16-20-8-4-2-5-9-20)24(28)18-27(25(29)21-12-13-21)22-10-6-3-7-11-22/h2,4-5,8-9,14-15,21-22H,3,6-7,10-13,16-18H2,1H3. The second kappa shape index (κ2) is 9.78. The van der Waals surface area contributed by atoms with Crippen molar-refractivity contribution in [1.29, 1.82) is 0 Å². The van der Waals surface area contributed by atoms with E-state index >= 15 is 0 Å². The van der Waals surface area contributed by atoms with E-state index in [-0.39, 0.29) is 30.3 Å². The molecule has 0 atom stereocenters. The molecule has 2 saturated carbocycles. The maximum atomic E-state index is 13.5. The van der Waals surface area contributed by atoms with Gasteiger partial charge in [0.05, 0.1) is 6.54 Å². The number of hydrogen-bond acceptors (Lipinski definition) is 3. The van der Waals surface area contributed by atoms with Gasteiger partial charge >= 0.3 is 0 Å². The van der Waals surface area contributed by atoms with E-state index in [0.717, 1.165) is 44.1 Å². The molecule has 1 heterocycles. The van der Waals surface area contributed by atoms with Gasteiger partial charge in [0, 0.05) is 23.4 Å². The van der Waals surface area contributed by atoms with E-state index in [1.807, 2.05) is 28.0 Å². The Morgan fingerprint density at radius 2 is 1.70 bits per heavy atom. The molecule has 1 aromatic carbocycles. The van der Waals surface area contributed by atoms with Crippen molar-refractivity contribution < 1.29 is 9.59 Å². The zero-order chi connectivity index (χ0) is 20.9. The minimum absolute atomic E-state index is 0.0613. The average molecular weight is 425 g/mol. The van der Waals surface area contributed by atoms with Crippen LogP contribution in [-0.4, -0.2) is 34.2 Å². The number of rotatable bonds is 8. The summed E-state index contributed by atoms with van der Waals surface area (Å²) in [5.74, 6) is 0.426. The van der Waals surface area contributed by atoms with E-state index in [2.05, 4.69) is 30.5 Å². The Morgan fingerprint density at radius 3 is 2.33 bits per heavy atom. The number of amides is 2. The third kappa shape index (κ3) is 5.31. The predicted molar refractivity (Wildman–Crippen MR) is 121 cm³/mol. The first-order valence-corrected chi connectivity index (χ1v) is 12.1. The molecule has 5 heteroatoms. The number of hydrogen-bond donors (Lipinski definition) is 0. The molecular formula is C25H32N2O2S. The molecule has 0 aliphatic heterocycles. The molecular weight excluding hydrogens is 392 g/mol. The monoisotopic (exact) mass is 424 g/mol. The van der Waals surface area contributed by atoms with Crippen LogP contribution in [0.3, 0.4) is 0 Å². The van der Waals surface area contributed by atoms with E-state index in [0.29, 0.717) is 13.1 Å². The van der Waals surface area contributed by atoms with Crippen LogP contribution in [0, 0.1) is 12.8 Å². The lowest BCUT2D eigenvalue weighted by atomic mass is 9.93. The van der Waals surface area contributed by atoms with Gasteiger partial charge in [0.2, 0.25) is 11.8 Å². The maximum absolute atomic E-state index is 13.5. The smallest absolute Gasteiger partial charge is 0.242 e. The lowest BCUT2D eigenvalue weighted by Gasteiger charge is -2.35. The van der Waals surface area contributed by atoms with Crippen LogP contribution in [0.4, 0.5) is 0 Å². The van der Waals surface area contributed by atoms with Crippen molar-refractivity contribution in [3.8, 4) is 0 Å². The van der Waals surface area contributed by atoms with Crippen LogP contribution >= 0.6 is 11.3 Å². The third-order valence-corrected chi connectivity index (χ3v) is 7.41. The van der Waals surface area contributed by atoms with Gasteiger partial charge in [-0.15, -0.1) is 11.3 Å². The van der Waals surface area contributed by atoms with Crippen LogP contribution in [0.2, 0.25) is 0 Å². The van der Waals surface area contributed by atoms with E-state index in [9.17, 15) is 9.59 Å². The molecule has 0 bridgehead atoms. The Labute approximate surface area is 183 Å². The van der Waals surface area contributed by atoms with Crippen molar-refractivity contribution in [2.45, 2.75) is 71.0 Å². The number of thiophene rings is 1. The lowest BCUT2D eigenvalue weighted by molar-refractivity contribution is -0.144. The van der Waals surface area contributed by atoms with E-state index in [1.165, 1.54) is 16.9 Å². The van der Waals surface area contributed by atoms with E-state index < -0.39 is 0 Å². The van der Waals surface area contributed by atoms with Gasteiger partial charge in [0.25, 0.3) is 0 Å². The predicted octanol–water partition coefficient (Wildman–Crippen LogP) is 5.16. The summed E-state index contributed by atoms with van der Waals surface area (Å²) in [6, 6.07) is 12.5. The van der Waals surface area contributed by atoms with Crippen LogP contribution in [0.1, 0.15) is 60.9 Å². The lowest BCUT2D eigenvalue weighted by Crippen LogP contribution is -2.48. The van der Waals surface area contributed by atoms with Gasteiger partial charge in [-0.25, -0.2) is 0 Å². The number of benzene rings is 1. The molecule has 0 N–H and O–H groups in total. The molecule has 4 nitrogen and oxygen atoms in total. The van der Waals surface area contributed by atoms with Gasteiger partial charge in [-0.05, 0) is 55.2 Å². The summed E-state index contributed by atoms with van der Waals surface area (Å²) in [6.45, 7) is 3.50. The summed E-state index contributed by atoms with van der Waals surface area (Å²) in [7, 11) is 0. The summed E-state index contributed by atoms with van der Waals surface area (Å²) >= 11 is 1.70. The largest absolute Gasteiger partial charge is 0.332 e. The molecule has 0 unspecified atom stereocenters. The topological polar surface area (TPSA) is 40.6 Å². The average Bonchev–Trinajstić information content (AvgIpc) is 3.55. The highest BCUT2D eigenvalue weighted by Crippen LogP contribution is 2.34. The highest BCUT2D eigenvalue weighted by molar-refractivity contribution is 7.10. The van der Waals surface area contributed by atoms with E-state index in [4.69, 9.17) is 0 Å². The summed E-state index contributed by atoms with van der Waals surface area (Å²) in [4.78, 5) is 31.7. The number of carbonyl (C=O) groups is 2. The van der Waals surface area contributed by atoms with Crippen molar-refractivity contribution in [1.82, 2.24) is 9.80 Å². The first-order valence-electron chi connectivity index (χ1n) is 11.3. The van der Waals surface area contributed by atoms with Crippen LogP contribution in [0.5, 0.6) is 0 Å². The van der Waals surface area contributed by atoms with Crippen LogP contribution in [0.15, 0.2) is 41.8 Å². The van der Waals surface area contributed by atoms with Gasteiger partial charge in [0.15, 0.2) is 0 Å². The van der Waals surface area contributed by atoms with Crippen molar-refractivity contribution in [2.24, 2.45) is 5.92 Å². The molecule has 160 valence electrons. The fraction of sp³-hybridized carbons (Fsp3) is 0.520. The zero-order valence-corrected chi connectivity index (χ0v) is 18.7.